The number of carbonyl (C=O) groups is 3. The van der Waals surface area contributed by atoms with Gasteiger partial charge >= 0.3 is 11.9 Å². The average molecular weight is 317 g/mol. The second-order valence-corrected chi connectivity index (χ2v) is 6.01. The highest BCUT2D eigenvalue weighted by atomic mass is 16.5. The molecule has 0 N–H and O–H groups in total. The second kappa shape index (κ2) is 6.02. The van der Waals surface area contributed by atoms with Gasteiger partial charge < -0.3 is 14.4 Å². The largest absolute Gasteiger partial charge is 0.469 e. The lowest BCUT2D eigenvalue weighted by molar-refractivity contribution is -0.185. The van der Waals surface area contributed by atoms with Gasteiger partial charge in [-0.25, -0.2) is 4.79 Å². The first-order valence-corrected chi connectivity index (χ1v) is 7.66. The Hall–Kier alpha value is -2.37. The molecule has 0 saturated carbocycles. The maximum Gasteiger partial charge on any atom is 0.329 e. The van der Waals surface area contributed by atoms with Crippen molar-refractivity contribution in [2.24, 2.45) is 11.8 Å². The molecular weight excluding hydrogens is 298 g/mol. The minimum Gasteiger partial charge on any atom is -0.469 e. The van der Waals surface area contributed by atoms with Gasteiger partial charge in [0.1, 0.15) is 12.6 Å². The second-order valence-electron chi connectivity index (χ2n) is 6.01. The molecule has 2 fully saturated rings. The molecule has 2 aliphatic heterocycles. The van der Waals surface area contributed by atoms with Gasteiger partial charge in [-0.2, -0.15) is 0 Å². The lowest BCUT2D eigenvalue weighted by Gasteiger charge is -2.47. The first kappa shape index (κ1) is 15.5. The Morgan fingerprint density at radius 1 is 1.26 bits per heavy atom. The van der Waals surface area contributed by atoms with Gasteiger partial charge in [-0.3, -0.25) is 9.59 Å². The van der Waals surface area contributed by atoms with Crippen molar-refractivity contribution in [2.45, 2.75) is 25.4 Å². The molecule has 2 heterocycles. The third kappa shape index (κ3) is 2.58. The van der Waals surface area contributed by atoms with E-state index in [4.69, 9.17) is 9.47 Å². The molecule has 0 bridgehead atoms. The Labute approximate surface area is 134 Å². The number of morpholine rings is 1. The number of fused-ring (bicyclic) bond motifs is 1. The zero-order valence-electron chi connectivity index (χ0n) is 13.1. The van der Waals surface area contributed by atoms with Crippen molar-refractivity contribution in [3.63, 3.8) is 0 Å². The van der Waals surface area contributed by atoms with Gasteiger partial charge in [0.15, 0.2) is 0 Å². The van der Waals surface area contributed by atoms with Crippen LogP contribution in [0.5, 0.6) is 0 Å². The summed E-state index contributed by atoms with van der Waals surface area (Å²) in [5.41, 5.74) is 0.885. The zero-order chi connectivity index (χ0) is 16.6. The van der Waals surface area contributed by atoms with E-state index >= 15 is 0 Å². The fraction of sp³-hybridized carbons (Fsp3) is 0.471. The molecule has 0 spiro atoms. The number of hydrogen-bond donors (Lipinski definition) is 0. The molecule has 23 heavy (non-hydrogen) atoms. The van der Waals surface area contributed by atoms with Crippen LogP contribution in [-0.2, 0) is 23.9 Å². The van der Waals surface area contributed by atoms with Crippen LogP contribution in [0.25, 0.3) is 0 Å². The van der Waals surface area contributed by atoms with Gasteiger partial charge in [0.05, 0.1) is 19.1 Å². The predicted octanol–water partition coefficient (Wildman–Crippen LogP) is 1.31. The van der Waals surface area contributed by atoms with E-state index in [0.29, 0.717) is 6.42 Å². The molecule has 2 aliphatic rings. The molecule has 2 saturated heterocycles. The molecular formula is C17H19NO5. The highest BCUT2D eigenvalue weighted by molar-refractivity contribution is 5.93. The Kier molecular flexibility index (Phi) is 4.07. The maximum absolute atomic E-state index is 12.7. The van der Waals surface area contributed by atoms with Crippen LogP contribution in [0.4, 0.5) is 0 Å². The summed E-state index contributed by atoms with van der Waals surface area (Å²) in [6.45, 7) is 1.88. The molecule has 1 aromatic carbocycles. The first-order valence-electron chi connectivity index (χ1n) is 7.66. The summed E-state index contributed by atoms with van der Waals surface area (Å²) in [7, 11) is 1.29. The SMILES string of the molecule is COC(=O)[C@H]1C[C@H](C)C(=O)N2[C@@H](c3ccccc3)COC(=O)[C@@H]12. The minimum absolute atomic E-state index is 0.103. The van der Waals surface area contributed by atoms with Crippen molar-refractivity contribution >= 4 is 17.8 Å². The molecule has 0 unspecified atom stereocenters. The molecule has 0 radical (unpaired) electrons. The summed E-state index contributed by atoms with van der Waals surface area (Å²) in [4.78, 5) is 38.6. The van der Waals surface area contributed by atoms with Gasteiger partial charge in [-0.1, -0.05) is 37.3 Å². The van der Waals surface area contributed by atoms with Crippen molar-refractivity contribution in [1.82, 2.24) is 4.90 Å². The topological polar surface area (TPSA) is 72.9 Å². The van der Waals surface area contributed by atoms with Gasteiger partial charge in [-0.05, 0) is 12.0 Å². The van der Waals surface area contributed by atoms with Crippen LogP contribution in [-0.4, -0.2) is 42.5 Å². The fourth-order valence-electron chi connectivity index (χ4n) is 3.46. The van der Waals surface area contributed by atoms with Crippen molar-refractivity contribution in [1.29, 1.82) is 0 Å². The summed E-state index contributed by atoms with van der Waals surface area (Å²) in [6, 6.07) is 8.12. The van der Waals surface area contributed by atoms with Gasteiger partial charge in [0, 0.05) is 5.92 Å². The Morgan fingerprint density at radius 2 is 1.96 bits per heavy atom. The molecule has 6 nitrogen and oxygen atoms in total. The van der Waals surface area contributed by atoms with Crippen LogP contribution in [0.2, 0.25) is 0 Å². The van der Waals surface area contributed by atoms with Crippen LogP contribution in [0.3, 0.4) is 0 Å². The Balaban J connectivity index is 2.02. The average Bonchev–Trinajstić information content (AvgIpc) is 2.58. The van der Waals surface area contributed by atoms with Crippen LogP contribution in [0, 0.1) is 11.8 Å². The molecule has 3 rings (SSSR count). The number of ether oxygens (including phenoxy) is 2. The van der Waals surface area contributed by atoms with Gasteiger partial charge in [-0.15, -0.1) is 0 Å². The minimum atomic E-state index is -0.912. The van der Waals surface area contributed by atoms with E-state index in [-0.39, 0.29) is 24.5 Å². The highest BCUT2D eigenvalue weighted by Gasteiger charge is 2.53. The van der Waals surface area contributed by atoms with Crippen molar-refractivity contribution in [3.05, 3.63) is 35.9 Å². The predicted molar refractivity (Wildman–Crippen MR) is 80.1 cm³/mol. The standard InChI is InChI=1S/C17H19NO5/c1-10-8-12(16(20)22-2)14-17(21)23-9-13(18(14)15(10)19)11-6-4-3-5-7-11/h3-7,10,12-14H,8-9H2,1-2H3/t10-,12-,13+,14+/m0/s1. The molecule has 1 aromatic rings. The monoisotopic (exact) mass is 317 g/mol. The summed E-state index contributed by atoms with van der Waals surface area (Å²) in [5.74, 6) is -2.17. The molecule has 0 aliphatic carbocycles. The van der Waals surface area contributed by atoms with Crippen LogP contribution in [0.1, 0.15) is 24.9 Å². The lowest BCUT2D eigenvalue weighted by atomic mass is 9.80. The van der Waals surface area contributed by atoms with E-state index in [1.807, 2.05) is 30.3 Å². The molecule has 0 aromatic heterocycles. The zero-order valence-corrected chi connectivity index (χ0v) is 13.1. The van der Waals surface area contributed by atoms with E-state index in [1.54, 1.807) is 6.92 Å². The normalized spacial score (nSPS) is 30.4. The van der Waals surface area contributed by atoms with Crippen LogP contribution < -0.4 is 0 Å². The molecule has 6 heteroatoms. The van der Waals surface area contributed by atoms with E-state index in [0.717, 1.165) is 5.56 Å². The molecule has 4 atom stereocenters. The quantitative estimate of drug-likeness (QED) is 0.769. The summed E-state index contributed by atoms with van der Waals surface area (Å²) < 4.78 is 10.1. The fourth-order valence-corrected chi connectivity index (χ4v) is 3.46. The van der Waals surface area contributed by atoms with Gasteiger partial charge in [0.25, 0.3) is 0 Å². The summed E-state index contributed by atoms with van der Waals surface area (Å²) >= 11 is 0. The third-order valence-electron chi connectivity index (χ3n) is 4.61. The first-order chi connectivity index (χ1) is 11.0. The number of methoxy groups -OCH3 is 1. The number of piperidine rings is 1. The number of cyclic esters (lactones) is 1. The van der Waals surface area contributed by atoms with E-state index in [1.165, 1.54) is 12.0 Å². The Bertz CT molecular complexity index is 629. The number of rotatable bonds is 2. The maximum atomic E-state index is 12.7. The summed E-state index contributed by atoms with van der Waals surface area (Å²) in [5, 5.41) is 0. The van der Waals surface area contributed by atoms with Crippen molar-refractivity contribution in [3.8, 4) is 0 Å². The van der Waals surface area contributed by atoms with Crippen LogP contribution in [0.15, 0.2) is 30.3 Å². The van der Waals surface area contributed by atoms with E-state index in [2.05, 4.69) is 0 Å². The molecule has 1 amide bonds. The third-order valence-corrected chi connectivity index (χ3v) is 4.61. The van der Waals surface area contributed by atoms with E-state index in [9.17, 15) is 14.4 Å². The summed E-state index contributed by atoms with van der Waals surface area (Å²) in [6.07, 6.45) is 0.295. The number of hydrogen-bond acceptors (Lipinski definition) is 5. The smallest absolute Gasteiger partial charge is 0.329 e. The number of amides is 1. The van der Waals surface area contributed by atoms with Crippen LogP contribution >= 0.6 is 0 Å². The lowest BCUT2D eigenvalue weighted by Crippen LogP contribution is -2.62. The van der Waals surface area contributed by atoms with Gasteiger partial charge in [0.2, 0.25) is 5.91 Å². The van der Waals surface area contributed by atoms with Crippen molar-refractivity contribution < 1.29 is 23.9 Å². The number of benzene rings is 1. The number of nitrogens with zero attached hydrogens (tertiary/aromatic N) is 1. The highest BCUT2D eigenvalue weighted by Crippen LogP contribution is 2.39. The van der Waals surface area contributed by atoms with E-state index < -0.39 is 23.9 Å². The number of esters is 2. The Morgan fingerprint density at radius 3 is 2.61 bits per heavy atom. The number of carbonyl (C=O) groups excluding carboxylic acids is 3. The van der Waals surface area contributed by atoms with Crippen molar-refractivity contribution in [2.75, 3.05) is 13.7 Å². The molecule has 122 valence electrons.